The molecule has 0 spiro atoms. The number of nitrogens with one attached hydrogen (secondary N) is 1. The van der Waals surface area contributed by atoms with Crippen LogP contribution in [-0.4, -0.2) is 65.0 Å². The van der Waals surface area contributed by atoms with Crippen LogP contribution in [0.5, 0.6) is 11.5 Å². The fourth-order valence-electron chi connectivity index (χ4n) is 2.66. The van der Waals surface area contributed by atoms with Crippen LogP contribution in [0.15, 0.2) is 23.2 Å². The summed E-state index contributed by atoms with van der Waals surface area (Å²) in [4.78, 5) is 6.82. The Bertz CT molecular complexity index is 573. The van der Waals surface area contributed by atoms with Crippen LogP contribution in [-0.2, 0) is 11.2 Å². The lowest BCUT2D eigenvalue weighted by molar-refractivity contribution is 0.131. The number of benzene rings is 1. The van der Waals surface area contributed by atoms with E-state index in [1.165, 1.54) is 18.4 Å². The zero-order valence-electron chi connectivity index (χ0n) is 16.6. The quantitative estimate of drug-likeness (QED) is 0.372. The van der Waals surface area contributed by atoms with Gasteiger partial charge in [0.2, 0.25) is 0 Å². The molecule has 26 heavy (non-hydrogen) atoms. The number of ether oxygens (including phenoxy) is 3. The molecule has 0 amide bonds. The molecular weight excluding hydrogens is 330 g/mol. The van der Waals surface area contributed by atoms with Gasteiger partial charge in [-0.2, -0.15) is 0 Å². The van der Waals surface area contributed by atoms with Crippen LogP contribution >= 0.6 is 0 Å². The van der Waals surface area contributed by atoms with E-state index in [2.05, 4.69) is 35.2 Å². The molecule has 6 nitrogen and oxygen atoms in total. The predicted molar refractivity (Wildman–Crippen MR) is 105 cm³/mol. The molecule has 1 N–H and O–H groups in total. The van der Waals surface area contributed by atoms with Crippen molar-refractivity contribution >= 4 is 5.96 Å². The van der Waals surface area contributed by atoms with Gasteiger partial charge in [-0.15, -0.1) is 0 Å². The van der Waals surface area contributed by atoms with Crippen molar-refractivity contribution in [1.82, 2.24) is 10.2 Å². The molecule has 1 aliphatic rings. The molecule has 6 heteroatoms. The Hall–Kier alpha value is -1.95. The van der Waals surface area contributed by atoms with Gasteiger partial charge in [0, 0.05) is 26.7 Å². The molecule has 0 heterocycles. The molecule has 0 aliphatic heterocycles. The first-order valence-corrected chi connectivity index (χ1v) is 9.46. The highest BCUT2D eigenvalue weighted by Gasteiger charge is 2.20. The molecule has 0 atom stereocenters. The van der Waals surface area contributed by atoms with E-state index in [1.54, 1.807) is 14.2 Å². The second-order valence-electron chi connectivity index (χ2n) is 6.61. The molecule has 1 fully saturated rings. The number of guanidine groups is 1. The standard InChI is InChI=1S/C20H33N3O3/c1-5-21-20(22-11-13-26-15-17-6-7-17)23(2)12-10-16-8-9-18(24-3)19(14-16)25-4/h8-9,14,17H,5-7,10-13,15H2,1-4H3,(H,21,22). The van der Waals surface area contributed by atoms with Gasteiger partial charge in [0.15, 0.2) is 17.5 Å². The summed E-state index contributed by atoms with van der Waals surface area (Å²) in [5, 5.41) is 3.35. The number of hydrogen-bond acceptors (Lipinski definition) is 4. The van der Waals surface area contributed by atoms with Crippen LogP contribution in [0, 0.1) is 5.92 Å². The highest BCUT2D eigenvalue weighted by atomic mass is 16.5. The van der Waals surface area contributed by atoms with Gasteiger partial charge in [-0.25, -0.2) is 0 Å². The molecule has 2 rings (SSSR count). The first-order valence-electron chi connectivity index (χ1n) is 9.46. The Kier molecular flexibility index (Phi) is 8.54. The third-order valence-corrected chi connectivity index (χ3v) is 4.43. The minimum Gasteiger partial charge on any atom is -0.493 e. The van der Waals surface area contributed by atoms with Crippen molar-refractivity contribution in [2.75, 3.05) is 54.1 Å². The van der Waals surface area contributed by atoms with Gasteiger partial charge in [-0.1, -0.05) is 6.07 Å². The molecule has 0 radical (unpaired) electrons. The molecule has 1 aliphatic carbocycles. The zero-order valence-corrected chi connectivity index (χ0v) is 16.6. The Balaban J connectivity index is 1.82. The molecule has 1 aromatic carbocycles. The Morgan fingerprint density at radius 2 is 2.00 bits per heavy atom. The van der Waals surface area contributed by atoms with Gasteiger partial charge in [0.1, 0.15) is 0 Å². The number of aliphatic imine (C=N–C) groups is 1. The number of nitrogens with zero attached hydrogens (tertiary/aromatic N) is 2. The summed E-state index contributed by atoms with van der Waals surface area (Å²) in [6, 6.07) is 6.05. The normalized spacial score (nSPS) is 14.2. The van der Waals surface area contributed by atoms with Crippen molar-refractivity contribution in [3.05, 3.63) is 23.8 Å². The number of likely N-dealkylation sites (N-methyl/N-ethyl adjacent to an activating group) is 1. The van der Waals surface area contributed by atoms with Crippen molar-refractivity contribution in [1.29, 1.82) is 0 Å². The monoisotopic (exact) mass is 363 g/mol. The van der Waals surface area contributed by atoms with Crippen molar-refractivity contribution in [2.45, 2.75) is 26.2 Å². The van der Waals surface area contributed by atoms with Crippen LogP contribution in [0.25, 0.3) is 0 Å². The molecule has 1 aromatic rings. The zero-order chi connectivity index (χ0) is 18.8. The van der Waals surface area contributed by atoms with Crippen molar-refractivity contribution in [3.8, 4) is 11.5 Å². The second-order valence-corrected chi connectivity index (χ2v) is 6.61. The molecule has 0 saturated heterocycles. The molecule has 1 saturated carbocycles. The summed E-state index contributed by atoms with van der Waals surface area (Å²) >= 11 is 0. The van der Waals surface area contributed by atoms with E-state index in [-0.39, 0.29) is 0 Å². The molecule has 0 unspecified atom stereocenters. The number of rotatable bonds is 11. The number of methoxy groups -OCH3 is 2. The Labute approximate surface area is 157 Å². The maximum absolute atomic E-state index is 5.66. The third kappa shape index (κ3) is 6.75. The lowest BCUT2D eigenvalue weighted by Crippen LogP contribution is -2.40. The van der Waals surface area contributed by atoms with Crippen molar-refractivity contribution in [2.24, 2.45) is 10.9 Å². The van der Waals surface area contributed by atoms with E-state index < -0.39 is 0 Å². The number of hydrogen-bond donors (Lipinski definition) is 1. The highest BCUT2D eigenvalue weighted by molar-refractivity contribution is 5.79. The predicted octanol–water partition coefficient (Wildman–Crippen LogP) is 2.57. The first-order chi connectivity index (χ1) is 12.7. The lowest BCUT2D eigenvalue weighted by Gasteiger charge is -2.22. The fraction of sp³-hybridized carbons (Fsp3) is 0.650. The Morgan fingerprint density at radius 3 is 2.65 bits per heavy atom. The maximum Gasteiger partial charge on any atom is 0.193 e. The first kappa shape index (κ1) is 20.4. The van der Waals surface area contributed by atoms with E-state index in [0.29, 0.717) is 13.2 Å². The average Bonchev–Trinajstić information content (AvgIpc) is 3.49. The summed E-state index contributed by atoms with van der Waals surface area (Å²) in [5.74, 6) is 3.24. The largest absolute Gasteiger partial charge is 0.493 e. The average molecular weight is 364 g/mol. The maximum atomic E-state index is 5.66. The fourth-order valence-corrected chi connectivity index (χ4v) is 2.66. The van der Waals surface area contributed by atoms with E-state index in [4.69, 9.17) is 14.2 Å². The second kappa shape index (κ2) is 10.9. The Morgan fingerprint density at radius 1 is 1.23 bits per heavy atom. The van der Waals surface area contributed by atoms with Crippen molar-refractivity contribution in [3.63, 3.8) is 0 Å². The van der Waals surface area contributed by atoms with Gasteiger partial charge in [-0.3, -0.25) is 4.99 Å². The summed E-state index contributed by atoms with van der Waals surface area (Å²) in [7, 11) is 5.38. The molecule has 0 aromatic heterocycles. The van der Waals surface area contributed by atoms with Crippen LogP contribution in [0.2, 0.25) is 0 Å². The van der Waals surface area contributed by atoms with Crippen molar-refractivity contribution < 1.29 is 14.2 Å². The van der Waals surface area contributed by atoms with E-state index in [9.17, 15) is 0 Å². The summed E-state index contributed by atoms with van der Waals surface area (Å²) in [6.45, 7) is 6.07. The smallest absolute Gasteiger partial charge is 0.193 e. The minimum atomic E-state index is 0.689. The topological polar surface area (TPSA) is 55.3 Å². The summed E-state index contributed by atoms with van der Waals surface area (Å²) < 4.78 is 16.3. The van der Waals surface area contributed by atoms with Crippen LogP contribution in [0.1, 0.15) is 25.3 Å². The van der Waals surface area contributed by atoms with Gasteiger partial charge in [0.05, 0.1) is 27.4 Å². The van der Waals surface area contributed by atoms with Gasteiger partial charge < -0.3 is 24.4 Å². The van der Waals surface area contributed by atoms with E-state index >= 15 is 0 Å². The van der Waals surface area contributed by atoms with Gasteiger partial charge in [0.25, 0.3) is 0 Å². The van der Waals surface area contributed by atoms with Gasteiger partial charge in [-0.05, 0) is 49.8 Å². The summed E-state index contributed by atoms with van der Waals surface area (Å²) in [6.07, 6.45) is 3.55. The van der Waals surface area contributed by atoms with Crippen LogP contribution in [0.4, 0.5) is 0 Å². The minimum absolute atomic E-state index is 0.689. The van der Waals surface area contributed by atoms with Crippen LogP contribution in [0.3, 0.4) is 0 Å². The SMILES string of the molecule is CCNC(=NCCOCC1CC1)N(C)CCc1ccc(OC)c(OC)c1. The molecule has 146 valence electrons. The molecular formula is C20H33N3O3. The lowest BCUT2D eigenvalue weighted by atomic mass is 10.1. The highest BCUT2D eigenvalue weighted by Crippen LogP contribution is 2.29. The summed E-state index contributed by atoms with van der Waals surface area (Å²) in [5.41, 5.74) is 1.21. The van der Waals surface area contributed by atoms with Gasteiger partial charge >= 0.3 is 0 Å². The van der Waals surface area contributed by atoms with E-state index in [1.807, 2.05) is 12.1 Å². The molecule has 0 bridgehead atoms. The van der Waals surface area contributed by atoms with Crippen LogP contribution < -0.4 is 14.8 Å². The third-order valence-electron chi connectivity index (χ3n) is 4.43. The van der Waals surface area contributed by atoms with E-state index in [0.717, 1.165) is 49.5 Å².